The summed E-state index contributed by atoms with van der Waals surface area (Å²) >= 11 is 0. The molecule has 1 unspecified atom stereocenters. The number of hydrogen-bond acceptors (Lipinski definition) is 3. The van der Waals surface area contributed by atoms with Crippen LogP contribution in [0.25, 0.3) is 0 Å². The molecule has 1 rings (SSSR count). The van der Waals surface area contributed by atoms with E-state index in [1.165, 1.54) is 0 Å². The molecular weight excluding hydrogens is 244 g/mol. The molecule has 0 spiro atoms. The molecule has 5 nitrogen and oxygen atoms in total. The largest absolute Gasteiger partial charge is 0.392 e. The van der Waals surface area contributed by atoms with Crippen LogP contribution >= 0.6 is 0 Å². The zero-order valence-electron chi connectivity index (χ0n) is 11.9. The number of hydrogen-bond donors (Lipinski definition) is 3. The molecule has 0 saturated carbocycles. The second kappa shape index (κ2) is 6.02. The van der Waals surface area contributed by atoms with Gasteiger partial charge in [0.25, 0.3) is 5.91 Å². The van der Waals surface area contributed by atoms with Gasteiger partial charge in [-0.3, -0.25) is 9.59 Å². The Kier molecular flexibility index (Phi) is 4.89. The number of carbonyl (C=O) groups is 2. The van der Waals surface area contributed by atoms with Gasteiger partial charge in [0.05, 0.1) is 11.8 Å². The number of nitrogens with one attached hydrogen (secondary N) is 2. The van der Waals surface area contributed by atoms with E-state index in [4.69, 9.17) is 0 Å². The van der Waals surface area contributed by atoms with Gasteiger partial charge in [-0.2, -0.15) is 0 Å². The molecule has 1 atom stereocenters. The molecule has 1 heterocycles. The molecule has 1 aromatic heterocycles. The van der Waals surface area contributed by atoms with Crippen molar-refractivity contribution < 1.29 is 14.7 Å². The van der Waals surface area contributed by atoms with Crippen molar-refractivity contribution in [2.75, 3.05) is 6.54 Å². The minimum atomic E-state index is -0.498. The zero-order chi connectivity index (χ0) is 14.6. The van der Waals surface area contributed by atoms with Gasteiger partial charge in [-0.25, -0.2) is 0 Å². The quantitative estimate of drug-likeness (QED) is 0.684. The van der Waals surface area contributed by atoms with Crippen LogP contribution in [0.5, 0.6) is 0 Å². The summed E-state index contributed by atoms with van der Waals surface area (Å²) in [6.07, 6.45) is 0.158. The van der Waals surface area contributed by atoms with E-state index in [0.29, 0.717) is 24.2 Å². The van der Waals surface area contributed by atoms with Crippen molar-refractivity contribution in [2.24, 2.45) is 11.3 Å². The number of aliphatic hydroxyl groups is 1. The number of aldehydes is 1. The molecule has 3 N–H and O–H groups in total. The predicted molar refractivity (Wildman–Crippen MR) is 73.1 cm³/mol. The molecule has 0 saturated heterocycles. The number of carbonyl (C=O) groups excluding carboxylic acids is 2. The highest BCUT2D eigenvalue weighted by Crippen LogP contribution is 2.25. The summed E-state index contributed by atoms with van der Waals surface area (Å²) < 4.78 is 0. The Morgan fingerprint density at radius 1 is 1.47 bits per heavy atom. The van der Waals surface area contributed by atoms with E-state index in [1.807, 2.05) is 27.7 Å². The lowest BCUT2D eigenvalue weighted by molar-refractivity contribution is 0.0138. The van der Waals surface area contributed by atoms with Crippen molar-refractivity contribution in [3.8, 4) is 0 Å². The molecule has 19 heavy (non-hydrogen) atoms. The van der Waals surface area contributed by atoms with Crippen molar-refractivity contribution in [1.29, 1.82) is 0 Å². The summed E-state index contributed by atoms with van der Waals surface area (Å²) in [5, 5.41) is 12.8. The normalized spacial score (nSPS) is 13.4. The lowest BCUT2D eigenvalue weighted by Crippen LogP contribution is -2.43. The van der Waals surface area contributed by atoms with Crippen molar-refractivity contribution in [3.05, 3.63) is 23.5 Å². The third kappa shape index (κ3) is 3.92. The number of amides is 1. The van der Waals surface area contributed by atoms with Gasteiger partial charge in [-0.05, 0) is 18.1 Å². The van der Waals surface area contributed by atoms with E-state index in [-0.39, 0.29) is 11.8 Å². The number of aliphatic hydroxyl groups excluding tert-OH is 1. The fourth-order valence-corrected chi connectivity index (χ4v) is 2.02. The van der Waals surface area contributed by atoms with E-state index in [2.05, 4.69) is 10.3 Å². The van der Waals surface area contributed by atoms with Crippen LogP contribution in [0.3, 0.4) is 0 Å². The topological polar surface area (TPSA) is 82.2 Å². The summed E-state index contributed by atoms with van der Waals surface area (Å²) in [7, 11) is 0. The number of aromatic amines is 1. The minimum Gasteiger partial charge on any atom is -0.392 e. The van der Waals surface area contributed by atoms with Crippen molar-refractivity contribution in [2.45, 2.75) is 33.8 Å². The zero-order valence-corrected chi connectivity index (χ0v) is 11.9. The fourth-order valence-electron chi connectivity index (χ4n) is 2.02. The van der Waals surface area contributed by atoms with Crippen molar-refractivity contribution >= 4 is 12.2 Å². The lowest BCUT2D eigenvalue weighted by atomic mass is 9.80. The Balaban J connectivity index is 2.61. The fraction of sp³-hybridized carbons (Fsp3) is 0.571. The van der Waals surface area contributed by atoms with Gasteiger partial charge in [-0.15, -0.1) is 0 Å². The summed E-state index contributed by atoms with van der Waals surface area (Å²) in [4.78, 5) is 25.1. The first kappa shape index (κ1) is 15.4. The average Bonchev–Trinajstić information content (AvgIpc) is 2.83. The van der Waals surface area contributed by atoms with Crippen LogP contribution in [0.1, 0.15) is 48.7 Å². The van der Waals surface area contributed by atoms with Crippen molar-refractivity contribution in [3.63, 3.8) is 0 Å². The maximum Gasteiger partial charge on any atom is 0.267 e. The number of H-pyrrole nitrogens is 1. The standard InChI is InChI=1S/C14H22N2O3/c1-9(2)12(18)14(3,4)8-15-13(19)11-6-5-10(7-17)16-11/h5-7,9,12,16,18H,8H2,1-4H3,(H,15,19). The maximum absolute atomic E-state index is 11.9. The van der Waals surface area contributed by atoms with Crippen molar-refractivity contribution in [1.82, 2.24) is 10.3 Å². The first-order valence-corrected chi connectivity index (χ1v) is 6.38. The third-order valence-electron chi connectivity index (χ3n) is 3.22. The van der Waals surface area contributed by atoms with Crippen LogP contribution in [0, 0.1) is 11.3 Å². The van der Waals surface area contributed by atoms with Gasteiger partial charge in [0.2, 0.25) is 0 Å². The van der Waals surface area contributed by atoms with Gasteiger partial charge in [0.15, 0.2) is 6.29 Å². The molecule has 0 aliphatic heterocycles. The van der Waals surface area contributed by atoms with Gasteiger partial charge in [0, 0.05) is 12.0 Å². The van der Waals surface area contributed by atoms with Crippen LogP contribution in [0.15, 0.2) is 12.1 Å². The van der Waals surface area contributed by atoms with Gasteiger partial charge >= 0.3 is 0 Å². The summed E-state index contributed by atoms with van der Waals surface area (Å²) in [5.74, 6) is -0.156. The highest BCUT2D eigenvalue weighted by atomic mass is 16.3. The predicted octanol–water partition coefficient (Wildman–Crippen LogP) is 1.60. The van der Waals surface area contributed by atoms with E-state index in [0.717, 1.165) is 0 Å². The Bertz CT molecular complexity index is 449. The molecule has 0 bridgehead atoms. The molecule has 1 aromatic rings. The first-order chi connectivity index (χ1) is 8.77. The molecule has 0 aliphatic rings. The molecule has 0 aromatic carbocycles. The first-order valence-electron chi connectivity index (χ1n) is 6.38. The number of aromatic nitrogens is 1. The average molecular weight is 266 g/mol. The minimum absolute atomic E-state index is 0.124. The van der Waals surface area contributed by atoms with Gasteiger partial charge in [0.1, 0.15) is 5.69 Å². The van der Waals surface area contributed by atoms with E-state index in [9.17, 15) is 14.7 Å². The Hall–Kier alpha value is -1.62. The summed E-state index contributed by atoms with van der Waals surface area (Å²) in [5.41, 5.74) is 0.299. The molecular formula is C14H22N2O3. The molecule has 0 radical (unpaired) electrons. The lowest BCUT2D eigenvalue weighted by Gasteiger charge is -2.33. The molecule has 0 aliphatic carbocycles. The molecule has 1 amide bonds. The third-order valence-corrected chi connectivity index (χ3v) is 3.22. The Morgan fingerprint density at radius 3 is 2.58 bits per heavy atom. The Morgan fingerprint density at radius 2 is 2.11 bits per heavy atom. The van der Waals surface area contributed by atoms with E-state index in [1.54, 1.807) is 12.1 Å². The highest BCUT2D eigenvalue weighted by Gasteiger charge is 2.30. The summed E-state index contributed by atoms with van der Waals surface area (Å²) in [6.45, 7) is 8.05. The van der Waals surface area contributed by atoms with Crippen LogP contribution < -0.4 is 5.32 Å². The van der Waals surface area contributed by atoms with Gasteiger partial charge in [-0.1, -0.05) is 27.7 Å². The number of rotatable bonds is 6. The second-order valence-corrected chi connectivity index (χ2v) is 5.81. The molecule has 5 heteroatoms. The van der Waals surface area contributed by atoms with Crippen LogP contribution in [-0.2, 0) is 0 Å². The highest BCUT2D eigenvalue weighted by molar-refractivity contribution is 5.93. The monoisotopic (exact) mass is 266 g/mol. The van der Waals surface area contributed by atoms with Crippen LogP contribution in [0.2, 0.25) is 0 Å². The SMILES string of the molecule is CC(C)C(O)C(C)(C)CNC(=O)c1ccc(C=O)[nH]1. The van der Waals surface area contributed by atoms with Crippen LogP contribution in [-0.4, -0.2) is 34.9 Å². The second-order valence-electron chi connectivity index (χ2n) is 5.81. The molecule has 0 fully saturated rings. The Labute approximate surface area is 113 Å². The van der Waals surface area contributed by atoms with E-state index < -0.39 is 11.5 Å². The van der Waals surface area contributed by atoms with E-state index >= 15 is 0 Å². The van der Waals surface area contributed by atoms with Gasteiger partial charge < -0.3 is 15.4 Å². The maximum atomic E-state index is 11.9. The molecule has 106 valence electrons. The smallest absolute Gasteiger partial charge is 0.267 e. The summed E-state index contributed by atoms with van der Waals surface area (Å²) in [6, 6.07) is 3.11. The van der Waals surface area contributed by atoms with Crippen LogP contribution in [0.4, 0.5) is 0 Å².